The largest absolute Gasteiger partial charge is 0.496 e. The van der Waals surface area contributed by atoms with Crippen molar-refractivity contribution in [1.29, 1.82) is 0 Å². The van der Waals surface area contributed by atoms with Gasteiger partial charge in [0.05, 0.1) is 30.9 Å². The van der Waals surface area contributed by atoms with E-state index >= 15 is 0 Å². The van der Waals surface area contributed by atoms with Gasteiger partial charge in [-0.25, -0.2) is 0 Å². The topological polar surface area (TPSA) is 90.9 Å². The molecule has 7 nitrogen and oxygen atoms in total. The molecule has 0 bridgehead atoms. The number of ketones is 2. The Morgan fingerprint density at radius 1 is 0.973 bits per heavy atom. The lowest BCUT2D eigenvalue weighted by Crippen LogP contribution is -2.45. The predicted molar refractivity (Wildman–Crippen MR) is 145 cm³/mol. The number of fused-ring (bicyclic) bond motifs is 1. The van der Waals surface area contributed by atoms with E-state index in [2.05, 4.69) is 5.48 Å². The van der Waals surface area contributed by atoms with Crippen molar-refractivity contribution >= 4 is 28.4 Å². The third-order valence-corrected chi connectivity index (χ3v) is 6.82. The normalized spacial score (nSPS) is 14.6. The van der Waals surface area contributed by atoms with Crippen LogP contribution in [0, 0.1) is 0 Å². The molecular formula is C29H33NO6S. The monoisotopic (exact) mass is 523 g/mol. The fourth-order valence-corrected chi connectivity index (χ4v) is 4.89. The summed E-state index contributed by atoms with van der Waals surface area (Å²) in [5, 5.41) is -0.214. The van der Waals surface area contributed by atoms with Gasteiger partial charge >= 0.3 is 0 Å². The first kappa shape index (κ1) is 28.4. The number of hydrogen-bond donors (Lipinski definition) is 1. The fourth-order valence-electron chi connectivity index (χ4n) is 3.81. The third-order valence-electron chi connectivity index (χ3n) is 5.58. The molecule has 196 valence electrons. The van der Waals surface area contributed by atoms with E-state index in [-0.39, 0.29) is 39.3 Å². The Kier molecular flexibility index (Phi) is 8.79. The van der Waals surface area contributed by atoms with Crippen LogP contribution in [0.4, 0.5) is 0 Å². The van der Waals surface area contributed by atoms with E-state index in [1.54, 1.807) is 30.3 Å². The van der Waals surface area contributed by atoms with Crippen molar-refractivity contribution in [3.63, 3.8) is 0 Å². The minimum Gasteiger partial charge on any atom is -0.496 e. The predicted octanol–water partition coefficient (Wildman–Crippen LogP) is 6.04. The van der Waals surface area contributed by atoms with Crippen LogP contribution in [0.5, 0.6) is 11.5 Å². The van der Waals surface area contributed by atoms with E-state index < -0.39 is 10.5 Å². The van der Waals surface area contributed by atoms with E-state index in [1.807, 2.05) is 46.8 Å². The van der Waals surface area contributed by atoms with Crippen molar-refractivity contribution in [2.24, 2.45) is 0 Å². The summed E-state index contributed by atoms with van der Waals surface area (Å²) < 4.78 is 11.4. The lowest BCUT2D eigenvalue weighted by Gasteiger charge is -2.37. The molecule has 1 N–H and O–H groups in total. The molecule has 1 unspecified atom stereocenters. The molecule has 0 saturated carbocycles. The van der Waals surface area contributed by atoms with Crippen LogP contribution < -0.4 is 15.0 Å². The average Bonchev–Trinajstić information content (AvgIpc) is 2.86. The number of ether oxygens (including phenoxy) is 2. The van der Waals surface area contributed by atoms with Gasteiger partial charge in [0.25, 0.3) is 0 Å². The van der Waals surface area contributed by atoms with Crippen LogP contribution in [0.1, 0.15) is 77.7 Å². The highest BCUT2D eigenvalue weighted by Crippen LogP contribution is 2.49. The van der Waals surface area contributed by atoms with Crippen molar-refractivity contribution in [3.05, 3.63) is 82.5 Å². The number of carbonyl (C=O) groups is 3. The zero-order valence-corrected chi connectivity index (χ0v) is 23.1. The highest BCUT2D eigenvalue weighted by molar-refractivity contribution is 8.14. The molecule has 0 aliphatic heterocycles. The van der Waals surface area contributed by atoms with Gasteiger partial charge < -0.3 is 9.47 Å². The second-order valence-electron chi connectivity index (χ2n) is 9.86. The Labute approximate surface area is 222 Å². The van der Waals surface area contributed by atoms with Gasteiger partial charge in [0.1, 0.15) is 16.4 Å². The fraction of sp³-hybridized carbons (Fsp3) is 0.345. The molecule has 1 aliphatic rings. The summed E-state index contributed by atoms with van der Waals surface area (Å²) in [4.78, 5) is 44.3. The number of allylic oxidation sites excluding steroid dienone is 3. The summed E-state index contributed by atoms with van der Waals surface area (Å²) in [6.07, 6.45) is 4.71. The summed E-state index contributed by atoms with van der Waals surface area (Å²) in [6, 6.07) is 10.6. The van der Waals surface area contributed by atoms with Crippen molar-refractivity contribution in [2.45, 2.75) is 51.5 Å². The SMILES string of the molecule is COc1cc(C(CC=C(C)C)(NOC(C)(C)C)SC(=O)c2ccccc2)c(OC)c2c1C(=O)C=CC2=O. The Hall–Kier alpha value is -3.20. The summed E-state index contributed by atoms with van der Waals surface area (Å²) >= 11 is 1.01. The van der Waals surface area contributed by atoms with E-state index in [1.165, 1.54) is 26.4 Å². The number of benzene rings is 2. The molecular weight excluding hydrogens is 490 g/mol. The number of thioether (sulfide) groups is 1. The molecule has 0 radical (unpaired) electrons. The van der Waals surface area contributed by atoms with Crippen LogP contribution in [-0.4, -0.2) is 36.5 Å². The van der Waals surface area contributed by atoms with Gasteiger partial charge in [-0.1, -0.05) is 53.7 Å². The Bertz CT molecular complexity index is 1260. The van der Waals surface area contributed by atoms with Crippen molar-refractivity contribution in [2.75, 3.05) is 14.2 Å². The van der Waals surface area contributed by atoms with Gasteiger partial charge in [-0.05, 0) is 52.8 Å². The second-order valence-corrected chi connectivity index (χ2v) is 11.1. The summed E-state index contributed by atoms with van der Waals surface area (Å²) in [6.45, 7) is 9.56. The van der Waals surface area contributed by atoms with Crippen LogP contribution in [-0.2, 0) is 9.71 Å². The van der Waals surface area contributed by atoms with Crippen molar-refractivity contribution < 1.29 is 28.7 Å². The molecule has 8 heteroatoms. The van der Waals surface area contributed by atoms with Gasteiger partial charge in [0.2, 0.25) is 5.12 Å². The first-order valence-electron chi connectivity index (χ1n) is 11.9. The lowest BCUT2D eigenvalue weighted by atomic mass is 9.88. The number of hydrogen-bond acceptors (Lipinski definition) is 8. The molecule has 2 aromatic carbocycles. The lowest BCUT2D eigenvalue weighted by molar-refractivity contribution is -0.0960. The minimum absolute atomic E-state index is 0.0937. The van der Waals surface area contributed by atoms with E-state index in [9.17, 15) is 14.4 Å². The van der Waals surface area contributed by atoms with Gasteiger partial charge in [-0.3, -0.25) is 19.2 Å². The van der Waals surface area contributed by atoms with Gasteiger partial charge in [0, 0.05) is 17.5 Å². The van der Waals surface area contributed by atoms with E-state index in [0.29, 0.717) is 17.5 Å². The molecule has 0 fully saturated rings. The van der Waals surface area contributed by atoms with Crippen molar-refractivity contribution in [3.8, 4) is 11.5 Å². The number of rotatable bonds is 9. The number of nitrogens with one attached hydrogen (secondary N) is 1. The molecule has 0 heterocycles. The number of carbonyl (C=O) groups excluding carboxylic acids is 3. The molecule has 0 saturated heterocycles. The van der Waals surface area contributed by atoms with E-state index in [0.717, 1.165) is 17.3 Å². The molecule has 37 heavy (non-hydrogen) atoms. The van der Waals surface area contributed by atoms with E-state index in [4.69, 9.17) is 14.3 Å². The Morgan fingerprint density at radius 2 is 1.59 bits per heavy atom. The maximum Gasteiger partial charge on any atom is 0.221 e. The quantitative estimate of drug-likeness (QED) is 0.242. The highest BCUT2D eigenvalue weighted by Gasteiger charge is 2.43. The zero-order valence-electron chi connectivity index (χ0n) is 22.3. The highest BCUT2D eigenvalue weighted by atomic mass is 32.2. The minimum atomic E-state index is -1.25. The van der Waals surface area contributed by atoms with Crippen LogP contribution >= 0.6 is 11.8 Å². The zero-order chi connectivity index (χ0) is 27.4. The van der Waals surface area contributed by atoms with Crippen molar-refractivity contribution in [1.82, 2.24) is 5.48 Å². The molecule has 0 amide bonds. The molecule has 0 aromatic heterocycles. The Morgan fingerprint density at radius 3 is 2.14 bits per heavy atom. The van der Waals surface area contributed by atoms with Gasteiger partial charge in [-0.15, -0.1) is 0 Å². The van der Waals surface area contributed by atoms with Crippen LogP contribution in [0.2, 0.25) is 0 Å². The maximum atomic E-state index is 13.6. The molecule has 2 aromatic rings. The van der Waals surface area contributed by atoms with Crippen LogP contribution in [0.15, 0.2) is 60.2 Å². The van der Waals surface area contributed by atoms with Gasteiger partial charge in [0.15, 0.2) is 11.6 Å². The molecule has 3 rings (SSSR count). The first-order chi connectivity index (χ1) is 17.4. The smallest absolute Gasteiger partial charge is 0.221 e. The standard InChI is InChI=1S/C29H33NO6S/c1-18(2)15-16-29(30-36-28(3,4)5,37-27(33)19-11-9-8-10-12-19)20-17-23(34-6)24-21(31)13-14-22(32)25(24)26(20)35-7/h8-15,17,30H,16H2,1-7H3. The summed E-state index contributed by atoms with van der Waals surface area (Å²) in [5.74, 6) is -0.364. The second kappa shape index (κ2) is 11.5. The maximum absolute atomic E-state index is 13.6. The number of methoxy groups -OCH3 is 2. The summed E-state index contributed by atoms with van der Waals surface area (Å²) in [7, 11) is 2.86. The van der Waals surface area contributed by atoms with Gasteiger partial charge in [-0.2, -0.15) is 5.48 Å². The molecule has 1 aliphatic carbocycles. The molecule has 1 atom stereocenters. The average molecular weight is 524 g/mol. The summed E-state index contributed by atoms with van der Waals surface area (Å²) in [5.41, 5.74) is 4.72. The van der Waals surface area contributed by atoms with Crippen LogP contribution in [0.3, 0.4) is 0 Å². The van der Waals surface area contributed by atoms with Crippen LogP contribution in [0.25, 0.3) is 0 Å². The number of hydroxylamine groups is 1. The molecule has 0 spiro atoms. The first-order valence-corrected chi connectivity index (χ1v) is 12.7. The Balaban J connectivity index is 2.35. The third kappa shape index (κ3) is 6.39.